The second kappa shape index (κ2) is 3.57. The molecule has 1 aliphatic rings. The molecule has 1 saturated heterocycles. The molecule has 0 aliphatic carbocycles. The Labute approximate surface area is 89.4 Å². The summed E-state index contributed by atoms with van der Waals surface area (Å²) in [6.07, 6.45) is 0.846. The van der Waals surface area contributed by atoms with Gasteiger partial charge in [0, 0.05) is 6.54 Å². The summed E-state index contributed by atoms with van der Waals surface area (Å²) in [5.74, 6) is 0.907. The van der Waals surface area contributed by atoms with Crippen LogP contribution in [0.5, 0.6) is 5.75 Å². The maximum Gasteiger partial charge on any atom is 0.230 e. The molecule has 3 nitrogen and oxygen atoms in total. The number of hydrogen-bond donors (Lipinski definition) is 1. The molecule has 0 spiro atoms. The standard InChI is InChI=1S/C12H15NO2/c1-12(6-7-13-11(12)14)9-4-3-5-10(8-9)15-2/h3-5,8H,6-7H2,1-2H3,(H,13,14)/t12-/m0/s1. The second-order valence-corrected chi connectivity index (χ2v) is 4.07. The van der Waals surface area contributed by atoms with Gasteiger partial charge in [0.15, 0.2) is 0 Å². The topological polar surface area (TPSA) is 38.3 Å². The predicted molar refractivity (Wildman–Crippen MR) is 58.0 cm³/mol. The first kappa shape index (κ1) is 10.0. The number of ether oxygens (including phenoxy) is 1. The maximum absolute atomic E-state index is 11.7. The van der Waals surface area contributed by atoms with Crippen LogP contribution < -0.4 is 10.1 Å². The van der Waals surface area contributed by atoms with Gasteiger partial charge in [-0.3, -0.25) is 4.79 Å². The van der Waals surface area contributed by atoms with Crippen molar-refractivity contribution in [3.63, 3.8) is 0 Å². The van der Waals surface area contributed by atoms with Crippen molar-refractivity contribution in [1.29, 1.82) is 0 Å². The van der Waals surface area contributed by atoms with Crippen LogP contribution in [0.2, 0.25) is 0 Å². The summed E-state index contributed by atoms with van der Waals surface area (Å²) < 4.78 is 5.16. The number of benzene rings is 1. The van der Waals surface area contributed by atoms with Crippen LogP contribution in [-0.2, 0) is 10.2 Å². The molecule has 1 aliphatic heterocycles. The van der Waals surface area contributed by atoms with Gasteiger partial charge in [-0.15, -0.1) is 0 Å². The number of amides is 1. The molecule has 3 heteroatoms. The fraction of sp³-hybridized carbons (Fsp3) is 0.417. The molecular weight excluding hydrogens is 190 g/mol. The molecule has 1 atom stereocenters. The SMILES string of the molecule is COc1cccc([C@]2(C)CCNC2=O)c1. The minimum atomic E-state index is -0.394. The van der Waals surface area contributed by atoms with Gasteiger partial charge in [0.2, 0.25) is 5.91 Å². The second-order valence-electron chi connectivity index (χ2n) is 4.07. The Morgan fingerprint density at radius 3 is 2.87 bits per heavy atom. The molecule has 0 unspecified atom stereocenters. The lowest BCUT2D eigenvalue weighted by Crippen LogP contribution is -2.32. The number of nitrogens with one attached hydrogen (secondary N) is 1. The zero-order valence-electron chi connectivity index (χ0n) is 9.04. The van der Waals surface area contributed by atoms with Crippen molar-refractivity contribution in [2.45, 2.75) is 18.8 Å². The Morgan fingerprint density at radius 1 is 1.47 bits per heavy atom. The van der Waals surface area contributed by atoms with Crippen molar-refractivity contribution in [2.75, 3.05) is 13.7 Å². The minimum Gasteiger partial charge on any atom is -0.497 e. The van der Waals surface area contributed by atoms with E-state index in [-0.39, 0.29) is 5.91 Å². The van der Waals surface area contributed by atoms with Crippen LogP contribution in [0, 0.1) is 0 Å². The van der Waals surface area contributed by atoms with Crippen molar-refractivity contribution in [3.05, 3.63) is 29.8 Å². The number of methoxy groups -OCH3 is 1. The van der Waals surface area contributed by atoms with E-state index in [9.17, 15) is 4.79 Å². The first-order valence-electron chi connectivity index (χ1n) is 5.09. The van der Waals surface area contributed by atoms with Crippen molar-refractivity contribution in [3.8, 4) is 5.75 Å². The van der Waals surface area contributed by atoms with Crippen LogP contribution >= 0.6 is 0 Å². The van der Waals surface area contributed by atoms with E-state index < -0.39 is 5.41 Å². The lowest BCUT2D eigenvalue weighted by molar-refractivity contribution is -0.123. The fourth-order valence-electron chi connectivity index (χ4n) is 1.98. The Morgan fingerprint density at radius 2 is 2.27 bits per heavy atom. The average molecular weight is 205 g/mol. The highest BCUT2D eigenvalue weighted by atomic mass is 16.5. The normalized spacial score (nSPS) is 25.1. The van der Waals surface area contributed by atoms with Gasteiger partial charge in [-0.25, -0.2) is 0 Å². The highest BCUT2D eigenvalue weighted by Gasteiger charge is 2.39. The van der Waals surface area contributed by atoms with Crippen molar-refractivity contribution >= 4 is 5.91 Å². The first-order chi connectivity index (χ1) is 7.16. The van der Waals surface area contributed by atoms with E-state index >= 15 is 0 Å². The van der Waals surface area contributed by atoms with Gasteiger partial charge in [0.1, 0.15) is 5.75 Å². The summed E-state index contributed by atoms with van der Waals surface area (Å²) in [7, 11) is 1.64. The van der Waals surface area contributed by atoms with Crippen molar-refractivity contribution in [2.24, 2.45) is 0 Å². The molecule has 1 N–H and O–H groups in total. The Kier molecular flexibility index (Phi) is 2.39. The molecule has 0 radical (unpaired) electrons. The summed E-state index contributed by atoms with van der Waals surface area (Å²) >= 11 is 0. The van der Waals surface area contributed by atoms with Gasteiger partial charge in [0.25, 0.3) is 0 Å². The number of rotatable bonds is 2. The third-order valence-electron chi connectivity index (χ3n) is 3.12. The van der Waals surface area contributed by atoms with E-state index in [0.717, 1.165) is 24.3 Å². The van der Waals surface area contributed by atoms with Crippen LogP contribution in [0.1, 0.15) is 18.9 Å². The van der Waals surface area contributed by atoms with Crippen molar-refractivity contribution in [1.82, 2.24) is 5.32 Å². The molecule has 1 heterocycles. The highest BCUT2D eigenvalue weighted by molar-refractivity contribution is 5.89. The third kappa shape index (κ3) is 1.58. The van der Waals surface area contributed by atoms with Gasteiger partial charge >= 0.3 is 0 Å². The van der Waals surface area contributed by atoms with Gasteiger partial charge < -0.3 is 10.1 Å². The molecule has 0 saturated carbocycles. The average Bonchev–Trinajstić information content (AvgIpc) is 2.61. The lowest BCUT2D eigenvalue weighted by atomic mass is 9.81. The molecule has 15 heavy (non-hydrogen) atoms. The first-order valence-corrected chi connectivity index (χ1v) is 5.09. The number of hydrogen-bond acceptors (Lipinski definition) is 2. The molecule has 1 fully saturated rings. The van der Waals surface area contributed by atoms with E-state index in [4.69, 9.17) is 4.74 Å². The third-order valence-corrected chi connectivity index (χ3v) is 3.12. The van der Waals surface area contributed by atoms with E-state index in [1.807, 2.05) is 31.2 Å². The number of carbonyl (C=O) groups is 1. The molecule has 1 aromatic rings. The van der Waals surface area contributed by atoms with Crippen LogP contribution in [0.15, 0.2) is 24.3 Å². The Hall–Kier alpha value is -1.51. The lowest BCUT2D eigenvalue weighted by Gasteiger charge is -2.21. The van der Waals surface area contributed by atoms with E-state index in [0.29, 0.717) is 0 Å². The smallest absolute Gasteiger partial charge is 0.230 e. The minimum absolute atomic E-state index is 0.107. The molecule has 2 rings (SSSR count). The summed E-state index contributed by atoms with van der Waals surface area (Å²) in [6.45, 7) is 2.73. The highest BCUT2D eigenvalue weighted by Crippen LogP contribution is 2.32. The number of carbonyl (C=O) groups excluding carboxylic acids is 1. The van der Waals surface area contributed by atoms with Crippen molar-refractivity contribution < 1.29 is 9.53 Å². The molecular formula is C12H15NO2. The predicted octanol–water partition coefficient (Wildman–Crippen LogP) is 1.47. The van der Waals surface area contributed by atoms with Gasteiger partial charge in [-0.05, 0) is 31.0 Å². The van der Waals surface area contributed by atoms with E-state index in [1.165, 1.54) is 0 Å². The fourth-order valence-corrected chi connectivity index (χ4v) is 1.98. The largest absolute Gasteiger partial charge is 0.497 e. The summed E-state index contributed by atoms with van der Waals surface area (Å²) in [5.41, 5.74) is 0.631. The summed E-state index contributed by atoms with van der Waals surface area (Å²) in [4.78, 5) is 11.7. The quantitative estimate of drug-likeness (QED) is 0.794. The molecule has 0 aromatic heterocycles. The zero-order valence-corrected chi connectivity index (χ0v) is 9.04. The van der Waals surface area contributed by atoms with E-state index in [2.05, 4.69) is 5.32 Å². The Balaban J connectivity index is 2.39. The summed E-state index contributed by atoms with van der Waals surface area (Å²) in [5, 5.41) is 2.87. The van der Waals surface area contributed by atoms with E-state index in [1.54, 1.807) is 7.11 Å². The molecule has 1 amide bonds. The Bertz CT molecular complexity index is 389. The summed E-state index contributed by atoms with van der Waals surface area (Å²) in [6, 6.07) is 7.73. The monoisotopic (exact) mass is 205 g/mol. The van der Waals surface area contributed by atoms with Gasteiger partial charge in [0.05, 0.1) is 12.5 Å². The van der Waals surface area contributed by atoms with Crippen LogP contribution in [0.4, 0.5) is 0 Å². The molecule has 1 aromatic carbocycles. The maximum atomic E-state index is 11.7. The van der Waals surface area contributed by atoms with Gasteiger partial charge in [-0.2, -0.15) is 0 Å². The van der Waals surface area contributed by atoms with Crippen LogP contribution in [0.25, 0.3) is 0 Å². The van der Waals surface area contributed by atoms with Crippen LogP contribution in [0.3, 0.4) is 0 Å². The van der Waals surface area contributed by atoms with Crippen LogP contribution in [-0.4, -0.2) is 19.6 Å². The van der Waals surface area contributed by atoms with Gasteiger partial charge in [-0.1, -0.05) is 12.1 Å². The molecule has 0 bridgehead atoms. The molecule has 80 valence electrons. The zero-order chi connectivity index (χ0) is 10.9.